The van der Waals surface area contributed by atoms with Crippen LogP contribution in [0.2, 0.25) is 0 Å². The summed E-state index contributed by atoms with van der Waals surface area (Å²) in [5.41, 5.74) is 0.956. The van der Waals surface area contributed by atoms with Crippen LogP contribution >= 0.6 is 0 Å². The van der Waals surface area contributed by atoms with Crippen molar-refractivity contribution in [2.24, 2.45) is 0 Å². The Morgan fingerprint density at radius 3 is 2.70 bits per heavy atom. The van der Waals surface area contributed by atoms with Crippen LogP contribution in [0.3, 0.4) is 0 Å². The minimum Gasteiger partial charge on any atom is -0.355 e. The van der Waals surface area contributed by atoms with Gasteiger partial charge in [-0.2, -0.15) is 0 Å². The Morgan fingerprint density at radius 1 is 1.35 bits per heavy atom. The molecule has 0 unspecified atom stereocenters. The van der Waals surface area contributed by atoms with E-state index in [0.717, 1.165) is 6.54 Å². The first-order valence-electron chi connectivity index (χ1n) is 6.21. The lowest BCUT2D eigenvalue weighted by atomic mass is 10.1. The molecule has 0 radical (unpaired) electrons. The predicted molar refractivity (Wildman–Crippen MR) is 72.8 cm³/mol. The fourth-order valence-corrected chi connectivity index (χ4v) is 1.70. The van der Waals surface area contributed by atoms with Crippen LogP contribution in [0.15, 0.2) is 35.0 Å². The number of carbonyl (C=O) groups is 1. The highest BCUT2D eigenvalue weighted by Gasteiger charge is 2.17. The third kappa shape index (κ3) is 3.42. The Bertz CT molecular complexity index is 578. The first-order chi connectivity index (χ1) is 9.58. The van der Waals surface area contributed by atoms with Gasteiger partial charge in [-0.05, 0) is 38.4 Å². The molecule has 0 bridgehead atoms. The van der Waals surface area contributed by atoms with E-state index in [0.29, 0.717) is 23.4 Å². The van der Waals surface area contributed by atoms with Crippen LogP contribution in [0.5, 0.6) is 0 Å². The normalized spacial score (nSPS) is 10.8. The van der Waals surface area contributed by atoms with Crippen molar-refractivity contribution in [2.75, 3.05) is 27.2 Å². The van der Waals surface area contributed by atoms with Crippen LogP contribution in [-0.4, -0.2) is 43.1 Å². The van der Waals surface area contributed by atoms with E-state index in [1.807, 2.05) is 19.0 Å². The van der Waals surface area contributed by atoms with Gasteiger partial charge in [-0.15, -0.1) is 0 Å². The van der Waals surface area contributed by atoms with Gasteiger partial charge in [0.05, 0.1) is 6.20 Å². The van der Waals surface area contributed by atoms with Gasteiger partial charge < -0.3 is 14.7 Å². The molecule has 106 valence electrons. The summed E-state index contributed by atoms with van der Waals surface area (Å²) in [6.45, 7) is 1.27. The van der Waals surface area contributed by atoms with Crippen molar-refractivity contribution < 1.29 is 13.7 Å². The monoisotopic (exact) mass is 277 g/mol. The molecule has 1 N–H and O–H groups in total. The van der Waals surface area contributed by atoms with Crippen molar-refractivity contribution in [1.29, 1.82) is 0 Å². The molecule has 0 saturated heterocycles. The lowest BCUT2D eigenvalue weighted by Gasteiger charge is -2.10. The van der Waals surface area contributed by atoms with Gasteiger partial charge in [-0.3, -0.25) is 4.79 Å². The maximum Gasteiger partial charge on any atom is 0.256 e. The summed E-state index contributed by atoms with van der Waals surface area (Å²) in [7, 11) is 3.85. The average Bonchev–Trinajstić information content (AvgIpc) is 2.88. The van der Waals surface area contributed by atoms with Crippen LogP contribution in [-0.2, 0) is 0 Å². The summed E-state index contributed by atoms with van der Waals surface area (Å²) in [5, 5.41) is 6.43. The highest BCUT2D eigenvalue weighted by Crippen LogP contribution is 2.23. The Hall–Kier alpha value is -2.21. The second-order valence-electron chi connectivity index (χ2n) is 4.63. The molecule has 1 amide bonds. The summed E-state index contributed by atoms with van der Waals surface area (Å²) >= 11 is 0. The molecule has 5 nitrogen and oxygen atoms in total. The number of likely N-dealkylation sites (N-methyl/N-ethyl adjacent to an activating group) is 1. The van der Waals surface area contributed by atoms with E-state index in [1.165, 1.54) is 18.3 Å². The van der Waals surface area contributed by atoms with E-state index < -0.39 is 0 Å². The number of nitrogens with zero attached hydrogens (tertiary/aromatic N) is 2. The second kappa shape index (κ2) is 6.29. The Labute approximate surface area is 116 Å². The zero-order valence-electron chi connectivity index (χ0n) is 11.4. The lowest BCUT2D eigenvalue weighted by molar-refractivity contribution is 0.0951. The molecule has 20 heavy (non-hydrogen) atoms. The number of halogens is 1. The highest BCUT2D eigenvalue weighted by atomic mass is 19.1. The number of nitrogens with one attached hydrogen (secondary N) is 1. The van der Waals surface area contributed by atoms with Gasteiger partial charge in [0.25, 0.3) is 5.91 Å². The second-order valence-corrected chi connectivity index (χ2v) is 4.63. The number of benzene rings is 1. The molecule has 0 aliphatic carbocycles. The van der Waals surface area contributed by atoms with E-state index in [1.54, 1.807) is 12.1 Å². The average molecular weight is 277 g/mol. The van der Waals surface area contributed by atoms with Crippen molar-refractivity contribution >= 4 is 5.91 Å². The molecule has 6 heteroatoms. The van der Waals surface area contributed by atoms with Crippen LogP contribution in [0.4, 0.5) is 4.39 Å². The molecule has 0 saturated carbocycles. The van der Waals surface area contributed by atoms with E-state index >= 15 is 0 Å². The number of hydrogen-bond acceptors (Lipinski definition) is 4. The highest BCUT2D eigenvalue weighted by molar-refractivity contribution is 5.99. The molecule has 1 heterocycles. The maximum atomic E-state index is 12.9. The maximum absolute atomic E-state index is 12.9. The third-order valence-corrected chi connectivity index (χ3v) is 2.77. The Balaban J connectivity index is 2.12. The smallest absolute Gasteiger partial charge is 0.256 e. The van der Waals surface area contributed by atoms with Crippen molar-refractivity contribution in [3.63, 3.8) is 0 Å². The van der Waals surface area contributed by atoms with Crippen molar-refractivity contribution in [3.05, 3.63) is 41.8 Å². The fourth-order valence-electron chi connectivity index (χ4n) is 1.70. The van der Waals surface area contributed by atoms with Crippen LogP contribution in [0.25, 0.3) is 11.3 Å². The molecule has 0 aliphatic heterocycles. The van der Waals surface area contributed by atoms with E-state index in [9.17, 15) is 9.18 Å². The number of rotatable bonds is 5. The first kappa shape index (κ1) is 14.2. The molecular formula is C14H16FN3O2. The van der Waals surface area contributed by atoms with Crippen molar-refractivity contribution in [2.45, 2.75) is 0 Å². The molecule has 0 aliphatic rings. The van der Waals surface area contributed by atoms with Gasteiger partial charge >= 0.3 is 0 Å². The van der Waals surface area contributed by atoms with Gasteiger partial charge in [0.1, 0.15) is 11.4 Å². The van der Waals surface area contributed by atoms with Crippen LogP contribution in [0, 0.1) is 5.82 Å². The van der Waals surface area contributed by atoms with Crippen molar-refractivity contribution in [1.82, 2.24) is 15.4 Å². The van der Waals surface area contributed by atoms with Crippen molar-refractivity contribution in [3.8, 4) is 11.3 Å². The molecule has 0 atom stereocenters. The third-order valence-electron chi connectivity index (χ3n) is 2.77. The summed E-state index contributed by atoms with van der Waals surface area (Å²) in [5.74, 6) is -0.259. The molecule has 0 fully saturated rings. The molecule has 2 rings (SSSR count). The topological polar surface area (TPSA) is 58.4 Å². The van der Waals surface area contributed by atoms with Crippen LogP contribution in [0.1, 0.15) is 10.4 Å². The van der Waals surface area contributed by atoms with Gasteiger partial charge in [0, 0.05) is 18.7 Å². The summed E-state index contributed by atoms with van der Waals surface area (Å²) in [6.07, 6.45) is 1.36. The predicted octanol–water partition coefficient (Wildman–Crippen LogP) is 1.77. The van der Waals surface area contributed by atoms with Crippen LogP contribution < -0.4 is 5.32 Å². The quantitative estimate of drug-likeness (QED) is 0.905. The van der Waals surface area contributed by atoms with E-state index in [-0.39, 0.29) is 11.7 Å². The van der Waals surface area contributed by atoms with Gasteiger partial charge in [-0.25, -0.2) is 4.39 Å². The minimum absolute atomic E-state index is 0.257. The van der Waals surface area contributed by atoms with Gasteiger partial charge in [0.2, 0.25) is 0 Å². The molecule has 0 spiro atoms. The lowest BCUT2D eigenvalue weighted by Crippen LogP contribution is -2.31. The molecule has 1 aromatic carbocycles. The standard InChI is InChI=1S/C14H16FN3O2/c1-18(2)8-7-16-14(19)12-9-17-20-13(12)10-3-5-11(15)6-4-10/h3-6,9H,7-8H2,1-2H3,(H,16,19). The van der Waals surface area contributed by atoms with Gasteiger partial charge in [-0.1, -0.05) is 5.16 Å². The van der Waals surface area contributed by atoms with E-state index in [4.69, 9.17) is 4.52 Å². The minimum atomic E-state index is -0.342. The number of aromatic nitrogens is 1. The molecule has 2 aromatic rings. The first-order valence-corrected chi connectivity index (χ1v) is 6.21. The summed E-state index contributed by atoms with van der Waals surface area (Å²) in [4.78, 5) is 14.0. The zero-order chi connectivity index (χ0) is 14.5. The molecule has 1 aromatic heterocycles. The number of hydrogen-bond donors (Lipinski definition) is 1. The largest absolute Gasteiger partial charge is 0.355 e. The fraction of sp³-hybridized carbons (Fsp3) is 0.286. The summed E-state index contributed by atoms with van der Waals surface area (Å²) < 4.78 is 18.0. The van der Waals surface area contributed by atoms with Gasteiger partial charge in [0.15, 0.2) is 5.76 Å². The number of amides is 1. The zero-order valence-corrected chi connectivity index (χ0v) is 11.4. The summed E-state index contributed by atoms with van der Waals surface area (Å²) in [6, 6.07) is 5.72. The number of carbonyl (C=O) groups excluding carboxylic acids is 1. The molecular weight excluding hydrogens is 261 g/mol. The Kier molecular flexibility index (Phi) is 4.47. The van der Waals surface area contributed by atoms with E-state index in [2.05, 4.69) is 10.5 Å². The Morgan fingerprint density at radius 2 is 2.05 bits per heavy atom. The SMILES string of the molecule is CN(C)CCNC(=O)c1cnoc1-c1ccc(F)cc1.